The second-order valence-corrected chi connectivity index (χ2v) is 7.21. The number of fused-ring (bicyclic) bond motifs is 5. The molecule has 0 fully saturated rings. The standard InChI is InChI=1S/C19H18N2O3S/c1-10(2)11-7-8-14-15(9-11)24-19(23)13-6-4-3-5-12(13)16(22)18(14,19)21-17(20)25/h3-10,23H,1-2H3,(H3,20,21,25). The Morgan fingerprint density at radius 3 is 2.64 bits per heavy atom. The number of aliphatic hydroxyl groups is 1. The summed E-state index contributed by atoms with van der Waals surface area (Å²) in [6.45, 7) is 4.13. The van der Waals surface area contributed by atoms with Crippen molar-refractivity contribution in [1.29, 1.82) is 0 Å². The van der Waals surface area contributed by atoms with E-state index in [0.29, 0.717) is 22.4 Å². The van der Waals surface area contributed by atoms with Crippen molar-refractivity contribution < 1.29 is 14.6 Å². The highest BCUT2D eigenvalue weighted by molar-refractivity contribution is 7.80. The molecule has 0 amide bonds. The van der Waals surface area contributed by atoms with Crippen LogP contribution in [0.3, 0.4) is 0 Å². The fraction of sp³-hybridized carbons (Fsp3) is 0.263. The molecule has 1 heterocycles. The van der Waals surface area contributed by atoms with Crippen LogP contribution >= 0.6 is 12.2 Å². The zero-order chi connectivity index (χ0) is 18.0. The summed E-state index contributed by atoms with van der Waals surface area (Å²) >= 11 is 5.01. The average molecular weight is 354 g/mol. The minimum Gasteiger partial charge on any atom is -0.454 e. The van der Waals surface area contributed by atoms with Crippen molar-refractivity contribution >= 4 is 23.1 Å². The number of Topliss-reactive ketones (excluding diaryl/α,β-unsaturated/α-hetero) is 1. The van der Waals surface area contributed by atoms with Crippen molar-refractivity contribution in [3.05, 3.63) is 64.7 Å². The molecule has 1 aliphatic heterocycles. The number of ketones is 1. The Bertz CT molecular complexity index is 927. The summed E-state index contributed by atoms with van der Waals surface area (Å²) in [7, 11) is 0. The third-order valence-electron chi connectivity index (χ3n) is 5.03. The molecule has 0 bridgehead atoms. The molecule has 2 aromatic carbocycles. The van der Waals surface area contributed by atoms with Gasteiger partial charge in [-0.3, -0.25) is 4.79 Å². The minimum absolute atomic E-state index is 0.0797. The van der Waals surface area contributed by atoms with Gasteiger partial charge in [0.05, 0.1) is 0 Å². The van der Waals surface area contributed by atoms with Gasteiger partial charge in [0, 0.05) is 16.7 Å². The van der Waals surface area contributed by atoms with Crippen molar-refractivity contribution in [1.82, 2.24) is 5.32 Å². The first kappa shape index (κ1) is 16.1. The Morgan fingerprint density at radius 1 is 1.24 bits per heavy atom. The number of nitrogens with one attached hydrogen (secondary N) is 1. The third kappa shape index (κ3) is 1.86. The fourth-order valence-corrected chi connectivity index (χ4v) is 3.97. The molecule has 0 radical (unpaired) electrons. The maximum absolute atomic E-state index is 13.3. The molecular weight excluding hydrogens is 336 g/mol. The van der Waals surface area contributed by atoms with Gasteiger partial charge >= 0.3 is 0 Å². The van der Waals surface area contributed by atoms with Crippen LogP contribution in [0.25, 0.3) is 0 Å². The predicted molar refractivity (Wildman–Crippen MR) is 97.4 cm³/mol. The molecule has 0 saturated carbocycles. The smallest absolute Gasteiger partial charge is 0.271 e. The molecule has 4 rings (SSSR count). The van der Waals surface area contributed by atoms with E-state index in [1.165, 1.54) is 0 Å². The number of carbonyl (C=O) groups is 1. The van der Waals surface area contributed by atoms with Gasteiger partial charge in [-0.05, 0) is 29.8 Å². The molecule has 2 unspecified atom stereocenters. The average Bonchev–Trinajstić information content (AvgIpc) is 2.92. The van der Waals surface area contributed by atoms with E-state index in [9.17, 15) is 9.90 Å². The molecule has 2 atom stereocenters. The normalized spacial score (nSPS) is 26.0. The molecular formula is C19H18N2O3S. The molecule has 4 N–H and O–H groups in total. The van der Waals surface area contributed by atoms with Crippen LogP contribution < -0.4 is 15.8 Å². The molecule has 0 spiro atoms. The molecule has 128 valence electrons. The topological polar surface area (TPSA) is 84.6 Å². The van der Waals surface area contributed by atoms with Gasteiger partial charge in [0.2, 0.25) is 11.3 Å². The summed E-state index contributed by atoms with van der Waals surface area (Å²) in [6, 6.07) is 12.4. The van der Waals surface area contributed by atoms with E-state index in [4.69, 9.17) is 22.7 Å². The number of hydrogen-bond donors (Lipinski definition) is 3. The van der Waals surface area contributed by atoms with Crippen molar-refractivity contribution in [2.75, 3.05) is 0 Å². The monoisotopic (exact) mass is 354 g/mol. The van der Waals surface area contributed by atoms with Crippen molar-refractivity contribution in [3.8, 4) is 5.75 Å². The summed E-state index contributed by atoms with van der Waals surface area (Å²) in [5.41, 5.74) is 6.53. The van der Waals surface area contributed by atoms with Crippen molar-refractivity contribution in [2.45, 2.75) is 31.1 Å². The van der Waals surface area contributed by atoms with E-state index >= 15 is 0 Å². The van der Waals surface area contributed by atoms with E-state index in [1.807, 2.05) is 12.1 Å². The first-order valence-corrected chi connectivity index (χ1v) is 8.50. The van der Waals surface area contributed by atoms with Crippen LogP contribution in [0.5, 0.6) is 5.75 Å². The van der Waals surface area contributed by atoms with Crippen LogP contribution in [0.2, 0.25) is 0 Å². The number of thiocarbonyl (C=S) groups is 1. The van der Waals surface area contributed by atoms with Crippen LogP contribution in [0, 0.1) is 0 Å². The Morgan fingerprint density at radius 2 is 1.96 bits per heavy atom. The van der Waals surface area contributed by atoms with Gasteiger partial charge in [-0.2, -0.15) is 0 Å². The molecule has 25 heavy (non-hydrogen) atoms. The number of benzene rings is 2. The maximum atomic E-state index is 13.3. The Kier molecular flexibility index (Phi) is 3.23. The quantitative estimate of drug-likeness (QED) is 0.718. The summed E-state index contributed by atoms with van der Waals surface area (Å²) in [5.74, 6) is -1.47. The van der Waals surface area contributed by atoms with Gasteiger partial charge < -0.3 is 20.9 Å². The van der Waals surface area contributed by atoms with E-state index in [2.05, 4.69) is 19.2 Å². The second kappa shape index (κ2) is 5.03. The van der Waals surface area contributed by atoms with Crippen LogP contribution in [0.1, 0.15) is 46.8 Å². The number of nitrogens with two attached hydrogens (primary N) is 1. The summed E-state index contributed by atoms with van der Waals surface area (Å²) in [4.78, 5) is 13.3. The van der Waals surface area contributed by atoms with Crippen LogP contribution in [0.4, 0.5) is 0 Å². The first-order valence-electron chi connectivity index (χ1n) is 8.09. The molecule has 0 saturated heterocycles. The third-order valence-corrected chi connectivity index (χ3v) is 5.13. The van der Waals surface area contributed by atoms with Crippen molar-refractivity contribution in [3.63, 3.8) is 0 Å². The van der Waals surface area contributed by atoms with E-state index in [0.717, 1.165) is 5.56 Å². The van der Waals surface area contributed by atoms with Crippen molar-refractivity contribution in [2.24, 2.45) is 5.73 Å². The predicted octanol–water partition coefficient (Wildman–Crippen LogP) is 2.27. The second-order valence-electron chi connectivity index (χ2n) is 6.77. The van der Waals surface area contributed by atoms with Gasteiger partial charge in [-0.25, -0.2) is 0 Å². The number of rotatable bonds is 2. The summed E-state index contributed by atoms with van der Waals surface area (Å²) in [6.07, 6.45) is 0. The highest BCUT2D eigenvalue weighted by Crippen LogP contribution is 2.58. The van der Waals surface area contributed by atoms with Gasteiger partial charge in [-0.1, -0.05) is 50.2 Å². The number of ether oxygens (including phenoxy) is 1. The summed E-state index contributed by atoms with van der Waals surface area (Å²) < 4.78 is 5.97. The lowest BCUT2D eigenvalue weighted by Gasteiger charge is -2.34. The first-order chi connectivity index (χ1) is 11.8. The molecule has 6 heteroatoms. The lowest BCUT2D eigenvalue weighted by atomic mass is 9.82. The van der Waals surface area contributed by atoms with Gasteiger partial charge in [0.15, 0.2) is 5.11 Å². The summed E-state index contributed by atoms with van der Waals surface area (Å²) in [5, 5.41) is 14.2. The number of hydrogen-bond acceptors (Lipinski definition) is 4. The number of carbonyl (C=O) groups excluding carboxylic acids is 1. The zero-order valence-electron chi connectivity index (χ0n) is 13.9. The largest absolute Gasteiger partial charge is 0.454 e. The molecule has 0 aromatic heterocycles. The van der Waals surface area contributed by atoms with E-state index in [1.54, 1.807) is 30.3 Å². The van der Waals surface area contributed by atoms with E-state index in [-0.39, 0.29) is 16.8 Å². The van der Waals surface area contributed by atoms with Gasteiger partial charge in [0.1, 0.15) is 5.75 Å². The SMILES string of the molecule is CC(C)c1ccc2c(c1)OC1(O)c3ccccc3C(=O)C21NC(N)=S. The van der Waals surface area contributed by atoms with Gasteiger partial charge in [0.25, 0.3) is 5.79 Å². The van der Waals surface area contributed by atoms with Crippen LogP contribution in [0.15, 0.2) is 42.5 Å². The lowest BCUT2D eigenvalue weighted by Crippen LogP contribution is -2.61. The Labute approximate surface area is 150 Å². The Balaban J connectivity index is 2.01. The molecule has 5 nitrogen and oxygen atoms in total. The van der Waals surface area contributed by atoms with Crippen LogP contribution in [-0.4, -0.2) is 16.0 Å². The minimum atomic E-state index is -1.90. The fourth-order valence-electron chi connectivity index (χ4n) is 3.82. The highest BCUT2D eigenvalue weighted by Gasteiger charge is 2.71. The highest BCUT2D eigenvalue weighted by atomic mass is 32.1. The molecule has 2 aliphatic rings. The van der Waals surface area contributed by atoms with Crippen LogP contribution in [-0.2, 0) is 11.3 Å². The van der Waals surface area contributed by atoms with Gasteiger partial charge in [-0.15, -0.1) is 0 Å². The maximum Gasteiger partial charge on any atom is 0.271 e. The molecule has 1 aliphatic carbocycles. The molecule has 2 aromatic rings. The lowest BCUT2D eigenvalue weighted by molar-refractivity contribution is -0.167. The zero-order valence-corrected chi connectivity index (χ0v) is 14.7. The Hall–Kier alpha value is -2.44. The van der Waals surface area contributed by atoms with E-state index < -0.39 is 11.3 Å².